The number of carbonyl (C=O) groups is 1. The standard InChI is InChI=1S/C21H27N5O3.C12H16ClN3O2.C7H6Cl2N2O/c1-3-22-21(27)23-16-8-6-15(7-9-16)18-24-19(26-10-12-28-13-14(26)2)17-5-4-11-29-20(17)25-18;1-8-7-17-6-4-16(8)10-9-3-2-5-18-11(9)15-12(13)14-10;8-5-4-2-1-3-12-6(4)11-7(9)10-5/h6-9,14H,3-5,10-13H2,1-2H3,(H2,22,23,27);8H,2-7H2,1H3;1-3H2/t14-;8-;/m00./s1. The minimum absolute atomic E-state index is 0.139. The number of rotatable bonds is 5. The molecule has 16 nitrogen and oxygen atoms in total. The quantitative estimate of drug-likeness (QED) is 0.162. The Hall–Kier alpha value is -4.48. The molecule has 4 aromatic rings. The highest BCUT2D eigenvalue weighted by atomic mass is 35.5. The summed E-state index contributed by atoms with van der Waals surface area (Å²) in [6, 6.07) is 7.87. The molecular weight excluding hydrogens is 823 g/mol. The topological polar surface area (TPSA) is 171 Å². The van der Waals surface area contributed by atoms with Crippen molar-refractivity contribution in [3.05, 3.63) is 56.7 Å². The third kappa shape index (κ3) is 10.6. The van der Waals surface area contributed by atoms with Gasteiger partial charge in [0.15, 0.2) is 5.82 Å². The van der Waals surface area contributed by atoms with E-state index in [-0.39, 0.29) is 22.6 Å². The third-order valence-electron chi connectivity index (χ3n) is 10.2. The van der Waals surface area contributed by atoms with E-state index in [1.165, 1.54) is 0 Å². The van der Waals surface area contributed by atoms with E-state index in [0.717, 1.165) is 104 Å². The first-order valence-corrected chi connectivity index (χ1v) is 21.2. The third-order valence-corrected chi connectivity index (χ3v) is 10.9. The molecule has 2 fully saturated rings. The molecule has 0 spiro atoms. The number of nitrogens with zero attached hydrogens (tertiary/aromatic N) is 8. The molecule has 5 aliphatic rings. The van der Waals surface area contributed by atoms with Gasteiger partial charge in [-0.05, 0) is 107 Å². The average Bonchev–Trinajstić information content (AvgIpc) is 3.24. The maximum Gasteiger partial charge on any atom is 0.319 e. The van der Waals surface area contributed by atoms with E-state index < -0.39 is 0 Å². The monoisotopic (exact) mass is 870 g/mol. The normalized spacial score (nSPS) is 19.4. The van der Waals surface area contributed by atoms with Crippen LogP contribution in [0, 0.1) is 0 Å². The van der Waals surface area contributed by atoms with E-state index in [1.807, 2.05) is 31.2 Å². The van der Waals surface area contributed by atoms with Gasteiger partial charge in [-0.3, -0.25) is 0 Å². The number of fused-ring (bicyclic) bond motifs is 3. The van der Waals surface area contributed by atoms with Crippen molar-refractivity contribution in [1.82, 2.24) is 35.2 Å². The molecule has 9 rings (SSSR count). The zero-order valence-electron chi connectivity index (χ0n) is 33.4. The molecule has 2 N–H and O–H groups in total. The summed E-state index contributed by atoms with van der Waals surface area (Å²) < 4.78 is 27.8. The Morgan fingerprint density at radius 3 is 1.75 bits per heavy atom. The van der Waals surface area contributed by atoms with Gasteiger partial charge in [-0.2, -0.15) is 15.0 Å². The second-order valence-electron chi connectivity index (χ2n) is 14.5. The molecule has 0 radical (unpaired) electrons. The Balaban J connectivity index is 0.000000149. The van der Waals surface area contributed by atoms with Crippen LogP contribution in [0.4, 0.5) is 22.1 Å². The zero-order valence-corrected chi connectivity index (χ0v) is 35.7. The van der Waals surface area contributed by atoms with Gasteiger partial charge >= 0.3 is 6.03 Å². The van der Waals surface area contributed by atoms with Gasteiger partial charge in [0.25, 0.3) is 0 Å². The summed E-state index contributed by atoms with van der Waals surface area (Å²) >= 11 is 17.4. The van der Waals surface area contributed by atoms with Gasteiger partial charge < -0.3 is 44.1 Å². The predicted molar refractivity (Wildman–Crippen MR) is 226 cm³/mol. The number of ether oxygens (including phenoxy) is 5. The Bertz CT molecular complexity index is 2080. The molecule has 0 saturated carbocycles. The van der Waals surface area contributed by atoms with Crippen LogP contribution >= 0.6 is 34.8 Å². The van der Waals surface area contributed by atoms with Crippen LogP contribution in [0.5, 0.6) is 17.6 Å². The molecule has 2 saturated heterocycles. The van der Waals surface area contributed by atoms with Gasteiger partial charge in [-0.15, -0.1) is 0 Å². The van der Waals surface area contributed by atoms with Crippen LogP contribution in [0.1, 0.15) is 56.7 Å². The summed E-state index contributed by atoms with van der Waals surface area (Å²) in [5.41, 5.74) is 4.64. The van der Waals surface area contributed by atoms with Gasteiger partial charge in [0, 0.05) is 30.9 Å². The number of hydrogen-bond donors (Lipinski definition) is 2. The number of benzene rings is 1. The Morgan fingerprint density at radius 2 is 1.19 bits per heavy atom. The van der Waals surface area contributed by atoms with Crippen LogP contribution in [-0.4, -0.2) is 114 Å². The number of urea groups is 1. The predicted octanol–water partition coefficient (Wildman–Crippen LogP) is 6.62. The van der Waals surface area contributed by atoms with Crippen molar-refractivity contribution < 1.29 is 28.5 Å². The van der Waals surface area contributed by atoms with E-state index in [4.69, 9.17) is 68.5 Å². The summed E-state index contributed by atoms with van der Waals surface area (Å²) in [6.45, 7) is 13.3. The number of morpholine rings is 2. The van der Waals surface area contributed by atoms with E-state index >= 15 is 0 Å². The average molecular weight is 872 g/mol. The summed E-state index contributed by atoms with van der Waals surface area (Å²) in [4.78, 5) is 42.2. The number of anilines is 3. The van der Waals surface area contributed by atoms with E-state index in [1.54, 1.807) is 0 Å². The molecule has 3 aromatic heterocycles. The number of carbonyl (C=O) groups excluding carboxylic acids is 1. The van der Waals surface area contributed by atoms with Crippen molar-refractivity contribution in [3.63, 3.8) is 0 Å². The van der Waals surface area contributed by atoms with Gasteiger partial charge in [0.1, 0.15) is 16.8 Å². The molecule has 5 aliphatic heterocycles. The molecule has 0 unspecified atom stereocenters. The molecule has 19 heteroatoms. The second-order valence-corrected chi connectivity index (χ2v) is 15.5. The van der Waals surface area contributed by atoms with E-state index in [2.05, 4.69) is 54.2 Å². The van der Waals surface area contributed by atoms with Crippen LogP contribution in [0.3, 0.4) is 0 Å². The molecule has 1 aromatic carbocycles. The van der Waals surface area contributed by atoms with Gasteiger partial charge in [0.2, 0.25) is 28.2 Å². The summed E-state index contributed by atoms with van der Waals surface area (Å²) in [7, 11) is 0. The number of nitrogens with one attached hydrogen (secondary N) is 2. The van der Waals surface area contributed by atoms with Crippen molar-refractivity contribution in [2.45, 2.75) is 71.4 Å². The number of hydrogen-bond acceptors (Lipinski definition) is 14. The Kier molecular flexibility index (Phi) is 14.6. The fourth-order valence-corrected chi connectivity index (χ4v) is 7.89. The van der Waals surface area contributed by atoms with E-state index in [9.17, 15) is 4.79 Å². The van der Waals surface area contributed by atoms with Crippen LogP contribution in [-0.2, 0) is 28.7 Å². The fourth-order valence-electron chi connectivity index (χ4n) is 7.28. The number of halogens is 3. The summed E-state index contributed by atoms with van der Waals surface area (Å²) in [5.74, 6) is 4.36. The fraction of sp³-hybridized carbons (Fsp3) is 0.525. The van der Waals surface area contributed by atoms with Gasteiger partial charge in [-0.25, -0.2) is 19.7 Å². The smallest absolute Gasteiger partial charge is 0.319 e. The van der Waals surface area contributed by atoms with Crippen molar-refractivity contribution in [2.24, 2.45) is 0 Å². The Labute approximate surface area is 358 Å². The molecular formula is C40H49Cl3N10O6. The minimum Gasteiger partial charge on any atom is -0.477 e. The van der Waals surface area contributed by atoms with Crippen LogP contribution in [0.25, 0.3) is 11.4 Å². The first-order chi connectivity index (χ1) is 28.7. The molecule has 2 atom stereocenters. The zero-order chi connectivity index (χ0) is 41.3. The van der Waals surface area contributed by atoms with Crippen molar-refractivity contribution in [3.8, 4) is 29.0 Å². The highest BCUT2D eigenvalue weighted by molar-refractivity contribution is 6.32. The van der Waals surface area contributed by atoms with Crippen molar-refractivity contribution >= 4 is 58.2 Å². The van der Waals surface area contributed by atoms with E-state index in [0.29, 0.717) is 74.2 Å². The second kappa shape index (κ2) is 20.2. The maximum absolute atomic E-state index is 11.7. The molecule has 0 bridgehead atoms. The first kappa shape index (κ1) is 42.6. The van der Waals surface area contributed by atoms with Gasteiger partial charge in [-0.1, -0.05) is 11.6 Å². The summed E-state index contributed by atoms with van der Waals surface area (Å²) in [6.07, 6.45) is 5.67. The lowest BCUT2D eigenvalue weighted by Gasteiger charge is -2.36. The van der Waals surface area contributed by atoms with Gasteiger partial charge in [0.05, 0.1) is 75.0 Å². The minimum atomic E-state index is -0.220. The lowest BCUT2D eigenvalue weighted by atomic mass is 10.1. The molecule has 316 valence electrons. The van der Waals surface area contributed by atoms with Crippen LogP contribution < -0.4 is 34.6 Å². The van der Waals surface area contributed by atoms with Crippen LogP contribution in [0.2, 0.25) is 15.7 Å². The van der Waals surface area contributed by atoms with Crippen molar-refractivity contribution in [2.75, 3.05) is 81.0 Å². The van der Waals surface area contributed by atoms with Crippen LogP contribution in [0.15, 0.2) is 24.3 Å². The lowest BCUT2D eigenvalue weighted by Crippen LogP contribution is -2.45. The van der Waals surface area contributed by atoms with Crippen molar-refractivity contribution in [1.29, 1.82) is 0 Å². The Morgan fingerprint density at radius 1 is 0.678 bits per heavy atom. The molecule has 8 heterocycles. The molecule has 59 heavy (non-hydrogen) atoms. The lowest BCUT2D eigenvalue weighted by molar-refractivity contribution is 0.0982. The summed E-state index contributed by atoms with van der Waals surface area (Å²) in [5, 5.41) is 6.32. The molecule has 0 aliphatic carbocycles. The largest absolute Gasteiger partial charge is 0.477 e. The maximum atomic E-state index is 11.7. The first-order valence-electron chi connectivity index (χ1n) is 20.1. The number of amides is 2. The SMILES string of the molecule is CCNC(=O)Nc1ccc(-c2nc3c(c(N4CCOC[C@@H]4C)n2)CCCO3)cc1.C[C@H]1COCCN1c1nc(Cl)nc2c1CCCO2.Clc1nc(Cl)c2c(n1)OCCC2. The molecule has 2 amide bonds. The highest BCUT2D eigenvalue weighted by Crippen LogP contribution is 2.36. The highest BCUT2D eigenvalue weighted by Gasteiger charge is 2.29. The number of aromatic nitrogens is 6.